The number of Topliss-reactive ketones (excluding diaryl/α,β-unsaturated/α-hetero) is 1. The monoisotopic (exact) mass is 396 g/mol. The fourth-order valence-electron chi connectivity index (χ4n) is 0.759. The Morgan fingerprint density at radius 3 is 1.93 bits per heavy atom. The van der Waals surface area contributed by atoms with Crippen molar-refractivity contribution >= 4 is 54.1 Å². The fourth-order valence-corrected chi connectivity index (χ4v) is 4.74. The van der Waals surface area contributed by atoms with E-state index in [9.17, 15) is 13.2 Å². The molecule has 6 heteroatoms. The third-order valence-electron chi connectivity index (χ3n) is 1.72. The van der Waals surface area contributed by atoms with E-state index in [4.69, 9.17) is 0 Å². The minimum absolute atomic E-state index is 0.0526. The Morgan fingerprint density at radius 2 is 1.71 bits per heavy atom. The van der Waals surface area contributed by atoms with Gasteiger partial charge in [-0.2, -0.15) is 0 Å². The molecular formula is C8H14BrIO3S. The molecule has 0 unspecified atom stereocenters. The molecule has 0 radical (unpaired) electrons. The van der Waals surface area contributed by atoms with Crippen LogP contribution in [0, 0.1) is 5.41 Å². The zero-order valence-electron chi connectivity index (χ0n) is 8.60. The lowest BCUT2D eigenvalue weighted by Gasteiger charge is -2.26. The van der Waals surface area contributed by atoms with Crippen molar-refractivity contribution in [2.75, 3.05) is 5.75 Å². The lowest BCUT2D eigenvalue weighted by atomic mass is 9.92. The number of sulfone groups is 1. The van der Waals surface area contributed by atoms with Gasteiger partial charge in [0.25, 0.3) is 0 Å². The topological polar surface area (TPSA) is 51.2 Å². The first-order valence-corrected chi connectivity index (χ1v) is 7.64. The number of ketones is 1. The van der Waals surface area contributed by atoms with E-state index < -0.39 is 16.9 Å². The molecular weight excluding hydrogens is 383 g/mol. The smallest absolute Gasteiger partial charge is 0.235 e. The highest BCUT2D eigenvalue weighted by Crippen LogP contribution is 2.40. The highest BCUT2D eigenvalue weighted by molar-refractivity contribution is 14.1. The van der Waals surface area contributed by atoms with Gasteiger partial charge in [-0.05, 0) is 38.5 Å². The van der Waals surface area contributed by atoms with E-state index >= 15 is 0 Å². The van der Waals surface area contributed by atoms with Crippen LogP contribution < -0.4 is 0 Å². The minimum Gasteiger partial charge on any atom is -0.295 e. The molecule has 0 aromatic carbocycles. The minimum atomic E-state index is -3.43. The second-order valence-corrected chi connectivity index (χ2v) is 12.0. The largest absolute Gasteiger partial charge is 0.295 e. The normalized spacial score (nSPS) is 17.6. The van der Waals surface area contributed by atoms with Gasteiger partial charge < -0.3 is 0 Å². The van der Waals surface area contributed by atoms with Gasteiger partial charge in [-0.25, -0.2) is 8.42 Å². The highest BCUT2D eigenvalue weighted by Gasteiger charge is 2.48. The van der Waals surface area contributed by atoms with E-state index in [1.807, 2.05) is 0 Å². The first kappa shape index (κ1) is 14.8. The Balaban J connectivity index is 5.30. The molecule has 0 aliphatic carbocycles. The highest BCUT2D eigenvalue weighted by atomic mass is 127. The van der Waals surface area contributed by atoms with Gasteiger partial charge in [-0.15, -0.1) is 0 Å². The first-order chi connectivity index (χ1) is 5.97. The van der Waals surface area contributed by atoms with Gasteiger partial charge in [-0.1, -0.05) is 27.7 Å². The van der Waals surface area contributed by atoms with E-state index in [-0.39, 0.29) is 11.5 Å². The van der Waals surface area contributed by atoms with Crippen molar-refractivity contribution in [1.29, 1.82) is 0 Å². The van der Waals surface area contributed by atoms with E-state index in [1.165, 1.54) is 6.92 Å². The van der Waals surface area contributed by atoms with Crippen LogP contribution in [-0.4, -0.2) is 21.6 Å². The lowest BCUT2D eigenvalue weighted by molar-refractivity contribution is -0.124. The van der Waals surface area contributed by atoms with Crippen molar-refractivity contribution < 1.29 is 13.2 Å². The Morgan fingerprint density at radius 1 is 1.36 bits per heavy atom. The molecule has 0 bridgehead atoms. The van der Waals surface area contributed by atoms with Crippen molar-refractivity contribution in [2.24, 2.45) is 5.41 Å². The molecule has 0 aromatic heterocycles. The number of rotatable bonds is 3. The summed E-state index contributed by atoms with van der Waals surface area (Å²) < 4.78 is 21.8. The number of carbonyl (C=O) groups excluding carboxylic acids is 1. The Kier molecular flexibility index (Phi) is 4.63. The van der Waals surface area contributed by atoms with Crippen LogP contribution in [-0.2, 0) is 14.6 Å². The third-order valence-corrected chi connectivity index (χ3v) is 7.79. The summed E-state index contributed by atoms with van der Waals surface area (Å²) in [6.45, 7) is 6.64. The Hall–Kier alpha value is 0.830. The van der Waals surface area contributed by atoms with Crippen molar-refractivity contribution in [3.05, 3.63) is 0 Å². The van der Waals surface area contributed by atoms with Crippen LogP contribution in [0.5, 0.6) is 0 Å². The number of hydrogen-bond donors (Lipinski definition) is 0. The molecule has 0 aliphatic rings. The summed E-state index contributed by atoms with van der Waals surface area (Å²) in [5.74, 6) is -0.379. The first-order valence-electron chi connectivity index (χ1n) is 4.12. The zero-order chi connectivity index (χ0) is 11.8. The second-order valence-electron chi connectivity index (χ2n) is 4.00. The molecule has 0 aromatic rings. The summed E-state index contributed by atoms with van der Waals surface area (Å²) in [5, 5.41) is 0. The molecule has 0 heterocycles. The molecule has 0 fully saturated rings. The van der Waals surface area contributed by atoms with Crippen LogP contribution in [0.3, 0.4) is 0 Å². The SMILES string of the molecule is CCS(=O)(=O)[C@](Br)(I)C(=O)C(C)(C)C. The van der Waals surface area contributed by atoms with Crippen LogP contribution >= 0.6 is 38.5 Å². The maximum Gasteiger partial charge on any atom is 0.235 e. The van der Waals surface area contributed by atoms with Crippen LogP contribution in [0.1, 0.15) is 27.7 Å². The zero-order valence-corrected chi connectivity index (χ0v) is 13.2. The van der Waals surface area contributed by atoms with Gasteiger partial charge in [0, 0.05) is 5.41 Å². The van der Waals surface area contributed by atoms with E-state index in [0.717, 1.165) is 0 Å². The molecule has 0 spiro atoms. The van der Waals surface area contributed by atoms with Gasteiger partial charge in [0.1, 0.15) is 0 Å². The summed E-state index contributed by atoms with van der Waals surface area (Å²) >= 11 is 4.66. The van der Waals surface area contributed by atoms with Crippen LogP contribution in [0.25, 0.3) is 0 Å². The van der Waals surface area contributed by atoms with Gasteiger partial charge in [0.2, 0.25) is 1.66 Å². The molecule has 14 heavy (non-hydrogen) atoms. The molecule has 84 valence electrons. The van der Waals surface area contributed by atoms with Crippen molar-refractivity contribution in [2.45, 2.75) is 29.4 Å². The van der Waals surface area contributed by atoms with Gasteiger partial charge in [-0.3, -0.25) is 4.79 Å². The summed E-state index contributed by atoms with van der Waals surface area (Å²) in [6.07, 6.45) is 0. The average Bonchev–Trinajstić information content (AvgIpc) is 2.01. The average molecular weight is 397 g/mol. The molecule has 1 atom stereocenters. The predicted molar refractivity (Wildman–Crippen MR) is 69.6 cm³/mol. The van der Waals surface area contributed by atoms with E-state index in [2.05, 4.69) is 15.9 Å². The van der Waals surface area contributed by atoms with Gasteiger partial charge in [0.05, 0.1) is 5.75 Å². The molecule has 0 rings (SSSR count). The van der Waals surface area contributed by atoms with Crippen LogP contribution in [0.4, 0.5) is 0 Å². The van der Waals surface area contributed by atoms with Crippen molar-refractivity contribution in [1.82, 2.24) is 0 Å². The number of alkyl halides is 2. The van der Waals surface area contributed by atoms with E-state index in [0.29, 0.717) is 0 Å². The van der Waals surface area contributed by atoms with Crippen molar-refractivity contribution in [3.63, 3.8) is 0 Å². The Labute approximate surface area is 107 Å². The quantitative estimate of drug-likeness (QED) is 0.544. The fraction of sp³-hybridized carbons (Fsp3) is 0.875. The molecule has 0 amide bonds. The summed E-state index contributed by atoms with van der Waals surface area (Å²) in [7, 11) is -3.43. The maximum absolute atomic E-state index is 11.9. The number of hydrogen-bond acceptors (Lipinski definition) is 3. The molecule has 0 saturated carbocycles. The van der Waals surface area contributed by atoms with Crippen LogP contribution in [0.15, 0.2) is 0 Å². The Bertz CT molecular complexity index is 327. The van der Waals surface area contributed by atoms with Crippen LogP contribution in [0.2, 0.25) is 0 Å². The molecule has 0 N–H and O–H groups in total. The summed E-state index contributed by atoms with van der Waals surface area (Å²) in [5.41, 5.74) is -0.674. The van der Waals surface area contributed by atoms with Crippen molar-refractivity contribution in [3.8, 4) is 0 Å². The number of carbonyl (C=O) groups is 1. The summed E-state index contributed by atoms with van der Waals surface area (Å²) in [4.78, 5) is 11.9. The molecule has 0 aliphatic heterocycles. The molecule has 0 saturated heterocycles. The van der Waals surface area contributed by atoms with E-state index in [1.54, 1.807) is 43.4 Å². The maximum atomic E-state index is 11.9. The predicted octanol–water partition coefficient (Wildman–Crippen LogP) is 2.52. The third kappa shape index (κ3) is 2.91. The number of halogens is 2. The van der Waals surface area contributed by atoms with Gasteiger partial charge in [0.15, 0.2) is 15.6 Å². The molecule has 3 nitrogen and oxygen atoms in total. The second kappa shape index (κ2) is 4.37. The standard InChI is InChI=1S/C8H14BrIO3S/c1-5-14(12,13)8(9,10)6(11)7(2,3)4/h5H2,1-4H3/t8-/m1/s1. The summed E-state index contributed by atoms with van der Waals surface area (Å²) in [6, 6.07) is 0. The van der Waals surface area contributed by atoms with Gasteiger partial charge >= 0.3 is 0 Å². The lowest BCUT2D eigenvalue weighted by Crippen LogP contribution is -2.42.